The molecule has 2 aromatic carbocycles. The SMILES string of the molecule is O=C(c1cc(Cc2n[nH]c(=O)c3ccccc23)ccc1F)N1CCC2C(CCN2C2CC2)C1. The highest BCUT2D eigenvalue weighted by molar-refractivity contribution is 5.95. The third-order valence-corrected chi connectivity index (χ3v) is 7.59. The van der Waals surface area contributed by atoms with Crippen LogP contribution in [0.1, 0.15) is 47.3 Å². The number of hydrogen-bond acceptors (Lipinski definition) is 4. The van der Waals surface area contributed by atoms with Crippen LogP contribution in [0.15, 0.2) is 47.3 Å². The summed E-state index contributed by atoms with van der Waals surface area (Å²) in [6.45, 7) is 2.52. The fourth-order valence-corrected chi connectivity index (χ4v) is 5.78. The van der Waals surface area contributed by atoms with Crippen molar-refractivity contribution < 1.29 is 9.18 Å². The lowest BCUT2D eigenvalue weighted by atomic mass is 9.92. The van der Waals surface area contributed by atoms with Gasteiger partial charge in [0.25, 0.3) is 11.5 Å². The van der Waals surface area contributed by atoms with Gasteiger partial charge in [0, 0.05) is 37.0 Å². The van der Waals surface area contributed by atoms with Crippen LogP contribution in [-0.2, 0) is 6.42 Å². The predicted octanol–water partition coefficient (Wildman–Crippen LogP) is 3.35. The first-order valence-electron chi connectivity index (χ1n) is 11.9. The zero-order valence-electron chi connectivity index (χ0n) is 18.5. The first kappa shape index (κ1) is 20.5. The molecule has 2 unspecified atom stereocenters. The van der Waals surface area contributed by atoms with Gasteiger partial charge in [0.1, 0.15) is 5.82 Å². The third kappa shape index (κ3) is 3.74. The summed E-state index contributed by atoms with van der Waals surface area (Å²) in [4.78, 5) is 29.9. The molecule has 1 saturated carbocycles. The number of hydrogen-bond donors (Lipinski definition) is 1. The molecule has 3 fully saturated rings. The van der Waals surface area contributed by atoms with Gasteiger partial charge < -0.3 is 4.90 Å². The lowest BCUT2D eigenvalue weighted by molar-refractivity contribution is 0.0587. The molecule has 0 bridgehead atoms. The Hall–Kier alpha value is -3.06. The molecule has 7 heteroatoms. The molecule has 3 aromatic rings. The van der Waals surface area contributed by atoms with Gasteiger partial charge in [0.2, 0.25) is 0 Å². The molecule has 2 aliphatic heterocycles. The van der Waals surface area contributed by atoms with Crippen molar-refractivity contribution in [1.82, 2.24) is 20.0 Å². The number of rotatable bonds is 4. The monoisotopic (exact) mass is 446 g/mol. The van der Waals surface area contributed by atoms with E-state index in [4.69, 9.17) is 0 Å². The van der Waals surface area contributed by atoms with Crippen molar-refractivity contribution in [2.75, 3.05) is 19.6 Å². The molecular weight excluding hydrogens is 419 g/mol. The number of nitrogens with one attached hydrogen (secondary N) is 1. The molecule has 33 heavy (non-hydrogen) atoms. The van der Waals surface area contributed by atoms with E-state index in [1.54, 1.807) is 18.2 Å². The number of benzene rings is 2. The van der Waals surface area contributed by atoms with Crippen LogP contribution in [-0.4, -0.2) is 57.6 Å². The van der Waals surface area contributed by atoms with E-state index in [-0.39, 0.29) is 17.0 Å². The van der Waals surface area contributed by atoms with E-state index >= 15 is 0 Å². The number of halogens is 1. The molecule has 1 aliphatic carbocycles. The summed E-state index contributed by atoms with van der Waals surface area (Å²) in [5, 5.41) is 8.10. The Kier molecular flexibility index (Phi) is 5.02. The van der Waals surface area contributed by atoms with E-state index in [0.29, 0.717) is 42.6 Å². The van der Waals surface area contributed by atoms with Crippen molar-refractivity contribution in [2.45, 2.75) is 44.2 Å². The van der Waals surface area contributed by atoms with Crippen molar-refractivity contribution in [3.05, 3.63) is 75.5 Å². The Bertz CT molecular complexity index is 1280. The van der Waals surface area contributed by atoms with Crippen LogP contribution in [0.4, 0.5) is 4.39 Å². The largest absolute Gasteiger partial charge is 0.338 e. The van der Waals surface area contributed by atoms with E-state index in [1.165, 1.54) is 18.9 Å². The average Bonchev–Trinajstić information content (AvgIpc) is 3.60. The highest BCUT2D eigenvalue weighted by Crippen LogP contribution is 2.39. The van der Waals surface area contributed by atoms with Crippen LogP contribution < -0.4 is 5.56 Å². The highest BCUT2D eigenvalue weighted by atomic mass is 19.1. The second-order valence-electron chi connectivity index (χ2n) is 9.66. The van der Waals surface area contributed by atoms with E-state index in [9.17, 15) is 14.0 Å². The first-order chi connectivity index (χ1) is 16.1. The number of likely N-dealkylation sites (tertiary alicyclic amines) is 2. The van der Waals surface area contributed by atoms with Gasteiger partial charge >= 0.3 is 0 Å². The number of nitrogens with zero attached hydrogens (tertiary/aromatic N) is 3. The summed E-state index contributed by atoms with van der Waals surface area (Å²) in [7, 11) is 0. The molecule has 0 spiro atoms. The predicted molar refractivity (Wildman–Crippen MR) is 124 cm³/mol. The summed E-state index contributed by atoms with van der Waals surface area (Å²) >= 11 is 0. The number of carbonyl (C=O) groups excluding carboxylic acids is 1. The van der Waals surface area contributed by atoms with Crippen LogP contribution in [0, 0.1) is 11.7 Å². The lowest BCUT2D eigenvalue weighted by Gasteiger charge is -2.38. The zero-order chi connectivity index (χ0) is 22.5. The first-order valence-corrected chi connectivity index (χ1v) is 11.9. The van der Waals surface area contributed by atoms with Crippen molar-refractivity contribution in [3.63, 3.8) is 0 Å². The number of aromatic amines is 1. The van der Waals surface area contributed by atoms with Gasteiger partial charge in [-0.1, -0.05) is 24.3 Å². The highest BCUT2D eigenvalue weighted by Gasteiger charge is 2.44. The van der Waals surface area contributed by atoms with Crippen LogP contribution in [0.5, 0.6) is 0 Å². The Labute approximate surface area is 191 Å². The molecule has 0 radical (unpaired) electrons. The topological polar surface area (TPSA) is 69.3 Å². The molecule has 2 atom stereocenters. The van der Waals surface area contributed by atoms with Crippen molar-refractivity contribution >= 4 is 16.7 Å². The molecule has 3 heterocycles. The van der Waals surface area contributed by atoms with Gasteiger partial charge in [0.05, 0.1) is 16.6 Å². The number of H-pyrrole nitrogens is 1. The minimum atomic E-state index is -0.490. The molecule has 1 aromatic heterocycles. The Morgan fingerprint density at radius 3 is 2.70 bits per heavy atom. The number of piperidine rings is 1. The van der Waals surface area contributed by atoms with Crippen molar-refractivity contribution in [2.24, 2.45) is 5.92 Å². The van der Waals surface area contributed by atoms with Gasteiger partial charge in [-0.05, 0) is 61.9 Å². The van der Waals surface area contributed by atoms with Gasteiger partial charge in [0.15, 0.2) is 0 Å². The van der Waals surface area contributed by atoms with E-state index in [2.05, 4.69) is 15.1 Å². The van der Waals surface area contributed by atoms with Crippen LogP contribution >= 0.6 is 0 Å². The van der Waals surface area contributed by atoms with Gasteiger partial charge in [-0.15, -0.1) is 0 Å². The summed E-state index contributed by atoms with van der Waals surface area (Å²) < 4.78 is 14.7. The second-order valence-corrected chi connectivity index (χ2v) is 9.66. The van der Waals surface area contributed by atoms with Gasteiger partial charge in [-0.25, -0.2) is 9.49 Å². The smallest absolute Gasteiger partial charge is 0.272 e. The summed E-state index contributed by atoms with van der Waals surface area (Å²) in [6, 6.07) is 13.3. The average molecular weight is 447 g/mol. The Morgan fingerprint density at radius 2 is 1.88 bits per heavy atom. The number of fused-ring (bicyclic) bond motifs is 2. The van der Waals surface area contributed by atoms with Crippen molar-refractivity contribution in [1.29, 1.82) is 0 Å². The van der Waals surface area contributed by atoms with E-state index in [1.807, 2.05) is 23.1 Å². The van der Waals surface area contributed by atoms with Crippen LogP contribution in [0.25, 0.3) is 10.8 Å². The maximum atomic E-state index is 14.7. The quantitative estimate of drug-likeness (QED) is 0.667. The molecule has 1 amide bonds. The molecule has 170 valence electrons. The molecule has 1 N–H and O–H groups in total. The second kappa shape index (κ2) is 8.06. The number of amides is 1. The zero-order valence-corrected chi connectivity index (χ0v) is 18.5. The summed E-state index contributed by atoms with van der Waals surface area (Å²) in [5.41, 5.74) is 1.37. The number of aromatic nitrogens is 2. The minimum Gasteiger partial charge on any atom is -0.338 e. The van der Waals surface area contributed by atoms with Crippen LogP contribution in [0.2, 0.25) is 0 Å². The van der Waals surface area contributed by atoms with Gasteiger partial charge in [-0.2, -0.15) is 5.10 Å². The minimum absolute atomic E-state index is 0.122. The molecule has 3 aliphatic rings. The molecule has 6 rings (SSSR count). The molecule has 2 saturated heterocycles. The summed E-state index contributed by atoms with van der Waals surface area (Å²) in [5.74, 6) is -0.223. The standard InChI is InChI=1S/C26H27FN4O2/c27-22-8-5-16(14-23-19-3-1-2-4-20(19)25(32)29-28-23)13-21(22)26(33)30-11-10-24-17(15-30)9-12-31(24)18-6-7-18/h1-5,8,13,17-18,24H,6-7,9-12,14-15H2,(H,29,32). The molecular formula is C26H27FN4O2. The third-order valence-electron chi connectivity index (χ3n) is 7.59. The normalized spacial score (nSPS) is 23.1. The Balaban J connectivity index is 1.23. The fourth-order valence-electron chi connectivity index (χ4n) is 5.78. The molecule has 6 nitrogen and oxygen atoms in total. The lowest BCUT2D eigenvalue weighted by Crippen LogP contribution is -2.48. The Morgan fingerprint density at radius 1 is 1.06 bits per heavy atom. The van der Waals surface area contributed by atoms with Crippen molar-refractivity contribution in [3.8, 4) is 0 Å². The van der Waals surface area contributed by atoms with E-state index in [0.717, 1.165) is 36.4 Å². The van der Waals surface area contributed by atoms with Crippen LogP contribution in [0.3, 0.4) is 0 Å². The number of carbonyl (C=O) groups is 1. The maximum absolute atomic E-state index is 14.7. The van der Waals surface area contributed by atoms with E-state index < -0.39 is 5.82 Å². The van der Waals surface area contributed by atoms with Gasteiger partial charge in [-0.3, -0.25) is 14.5 Å². The maximum Gasteiger partial charge on any atom is 0.272 e. The summed E-state index contributed by atoms with van der Waals surface area (Å²) in [6.07, 6.45) is 5.12. The fraction of sp³-hybridized carbons (Fsp3) is 0.423.